The zero-order valence-electron chi connectivity index (χ0n) is 17.4. The number of aromatic carboxylic acids is 1. The van der Waals surface area contributed by atoms with Crippen LogP contribution in [-0.4, -0.2) is 15.6 Å². The number of halogens is 1. The van der Waals surface area contributed by atoms with Gasteiger partial charge in [-0.25, -0.2) is 4.79 Å². The van der Waals surface area contributed by atoms with Crippen molar-refractivity contribution < 1.29 is 14.6 Å². The zero-order valence-corrected chi connectivity index (χ0v) is 18.1. The number of nitrogens with zero attached hydrogens (tertiary/aromatic N) is 1. The minimum Gasteiger partial charge on any atom is -0.488 e. The number of rotatable bonds is 6. The first-order chi connectivity index (χ1) is 15.5. The Morgan fingerprint density at radius 3 is 2.38 bits per heavy atom. The predicted octanol–water partition coefficient (Wildman–Crippen LogP) is 6.45. The minimum absolute atomic E-state index is 0.246. The average Bonchev–Trinajstić information content (AvgIpc) is 3.23. The van der Waals surface area contributed by atoms with Gasteiger partial charge < -0.3 is 14.4 Å². The van der Waals surface area contributed by atoms with E-state index in [4.69, 9.17) is 21.4 Å². The number of benzene rings is 3. The maximum absolute atomic E-state index is 11.1. The van der Waals surface area contributed by atoms with Crippen LogP contribution in [0.3, 0.4) is 0 Å². The summed E-state index contributed by atoms with van der Waals surface area (Å²) in [4.78, 5) is 11.1. The largest absolute Gasteiger partial charge is 0.488 e. The molecule has 0 fully saturated rings. The molecule has 0 bridgehead atoms. The van der Waals surface area contributed by atoms with Crippen LogP contribution in [0, 0.1) is 11.8 Å². The summed E-state index contributed by atoms with van der Waals surface area (Å²) in [5, 5.41) is 9.83. The van der Waals surface area contributed by atoms with Crippen LogP contribution in [0.1, 0.15) is 28.4 Å². The first-order valence-corrected chi connectivity index (χ1v) is 10.4. The summed E-state index contributed by atoms with van der Waals surface area (Å²) in [6, 6.07) is 22.1. The van der Waals surface area contributed by atoms with Gasteiger partial charge in [0.05, 0.1) is 11.1 Å². The second kappa shape index (κ2) is 9.47. The fourth-order valence-electron chi connectivity index (χ4n) is 3.39. The van der Waals surface area contributed by atoms with E-state index in [1.54, 1.807) is 31.2 Å². The maximum Gasteiger partial charge on any atom is 0.335 e. The van der Waals surface area contributed by atoms with E-state index < -0.39 is 5.97 Å². The van der Waals surface area contributed by atoms with Crippen LogP contribution >= 0.6 is 11.6 Å². The summed E-state index contributed by atoms with van der Waals surface area (Å²) >= 11 is 5.97. The summed E-state index contributed by atoms with van der Waals surface area (Å²) in [6.45, 7) is 2.21. The van der Waals surface area contributed by atoms with Crippen molar-refractivity contribution in [2.24, 2.45) is 0 Å². The van der Waals surface area contributed by atoms with Gasteiger partial charge in [-0.2, -0.15) is 0 Å². The first-order valence-electron chi connectivity index (χ1n) is 10.0. The van der Waals surface area contributed by atoms with Gasteiger partial charge in [0.2, 0.25) is 0 Å². The van der Waals surface area contributed by atoms with E-state index in [-0.39, 0.29) is 5.56 Å². The molecule has 0 spiro atoms. The molecule has 0 saturated carbocycles. The Labute approximate surface area is 191 Å². The molecular formula is C27H20ClNO3. The van der Waals surface area contributed by atoms with Gasteiger partial charge in [-0.3, -0.25) is 0 Å². The average molecular weight is 442 g/mol. The highest BCUT2D eigenvalue weighted by atomic mass is 35.5. The van der Waals surface area contributed by atoms with Crippen molar-refractivity contribution in [3.8, 4) is 34.4 Å². The Bertz CT molecular complexity index is 1310. The lowest BCUT2D eigenvalue weighted by Gasteiger charge is -2.11. The highest BCUT2D eigenvalue weighted by molar-refractivity contribution is 6.30. The monoisotopic (exact) mass is 441 g/mol. The number of hydrogen-bond acceptors (Lipinski definition) is 2. The molecule has 3 aromatic carbocycles. The Balaban J connectivity index is 1.69. The Hall–Kier alpha value is -3.94. The van der Waals surface area contributed by atoms with Crippen molar-refractivity contribution in [3.05, 3.63) is 107 Å². The van der Waals surface area contributed by atoms with E-state index in [0.29, 0.717) is 11.6 Å². The number of carboxylic acid groups (broad SMARTS) is 1. The van der Waals surface area contributed by atoms with Crippen molar-refractivity contribution in [1.29, 1.82) is 0 Å². The fraction of sp³-hybridized carbons (Fsp3) is 0.0741. The molecule has 0 radical (unpaired) electrons. The van der Waals surface area contributed by atoms with E-state index in [2.05, 4.69) is 11.8 Å². The summed E-state index contributed by atoms with van der Waals surface area (Å²) in [5.74, 6) is 5.94. The number of para-hydroxylation sites is 1. The van der Waals surface area contributed by atoms with Crippen LogP contribution in [0.4, 0.5) is 0 Å². The SMILES string of the molecule is CC#Cc1cn(-c2ccc(C(=O)O)cc2)cc1-c1ccccc1OCc1ccc(Cl)cc1. The molecule has 0 amide bonds. The van der Waals surface area contributed by atoms with Crippen molar-refractivity contribution in [3.63, 3.8) is 0 Å². The van der Waals surface area contributed by atoms with Gasteiger partial charge in [-0.1, -0.05) is 47.9 Å². The second-order valence-electron chi connectivity index (χ2n) is 7.13. The first kappa shape index (κ1) is 21.3. The van der Waals surface area contributed by atoms with Crippen LogP contribution in [0.2, 0.25) is 5.02 Å². The molecule has 4 nitrogen and oxygen atoms in total. The van der Waals surface area contributed by atoms with Gasteiger partial charge in [-0.05, 0) is 55.0 Å². The van der Waals surface area contributed by atoms with Gasteiger partial charge in [0.15, 0.2) is 0 Å². The normalized spacial score (nSPS) is 10.3. The molecule has 0 aliphatic heterocycles. The maximum atomic E-state index is 11.1. The van der Waals surface area contributed by atoms with Crippen molar-refractivity contribution in [1.82, 2.24) is 4.57 Å². The number of carbonyl (C=O) groups is 1. The molecule has 0 saturated heterocycles. The summed E-state index contributed by atoms with van der Waals surface area (Å²) in [5.41, 5.74) is 4.84. The molecular weight excluding hydrogens is 422 g/mol. The van der Waals surface area contributed by atoms with Gasteiger partial charge in [0.25, 0.3) is 0 Å². The second-order valence-corrected chi connectivity index (χ2v) is 7.57. The third-order valence-electron chi connectivity index (χ3n) is 4.98. The van der Waals surface area contributed by atoms with Crippen LogP contribution in [-0.2, 0) is 6.61 Å². The Morgan fingerprint density at radius 1 is 0.969 bits per heavy atom. The minimum atomic E-state index is -0.950. The van der Waals surface area contributed by atoms with E-state index >= 15 is 0 Å². The van der Waals surface area contributed by atoms with Gasteiger partial charge in [-0.15, -0.1) is 5.92 Å². The number of aromatic nitrogens is 1. The number of hydrogen-bond donors (Lipinski definition) is 1. The Kier molecular flexibility index (Phi) is 6.30. The lowest BCUT2D eigenvalue weighted by Crippen LogP contribution is -1.97. The highest BCUT2D eigenvalue weighted by Crippen LogP contribution is 2.34. The number of ether oxygens (including phenoxy) is 1. The van der Waals surface area contributed by atoms with Gasteiger partial charge in [0.1, 0.15) is 12.4 Å². The molecule has 1 N–H and O–H groups in total. The van der Waals surface area contributed by atoms with E-state index in [1.165, 1.54) is 0 Å². The summed E-state index contributed by atoms with van der Waals surface area (Å²) in [6.07, 6.45) is 3.93. The molecule has 5 heteroatoms. The highest BCUT2D eigenvalue weighted by Gasteiger charge is 2.14. The predicted molar refractivity (Wildman–Crippen MR) is 127 cm³/mol. The van der Waals surface area contributed by atoms with Crippen molar-refractivity contribution in [2.75, 3.05) is 0 Å². The standard InChI is InChI=1S/C27H20ClNO3/c1-2-5-21-16-29(23-14-10-20(11-15-23)27(30)31)17-25(21)24-6-3-4-7-26(24)32-18-19-8-12-22(28)13-9-19/h3-4,6-17H,18H2,1H3,(H,30,31). The topological polar surface area (TPSA) is 51.5 Å². The van der Waals surface area contributed by atoms with Crippen LogP contribution in [0.15, 0.2) is 85.2 Å². The van der Waals surface area contributed by atoms with E-state index in [1.807, 2.05) is 65.5 Å². The molecule has 0 atom stereocenters. The lowest BCUT2D eigenvalue weighted by atomic mass is 10.0. The molecule has 4 aromatic rings. The van der Waals surface area contributed by atoms with Crippen LogP contribution in [0.25, 0.3) is 16.8 Å². The lowest BCUT2D eigenvalue weighted by molar-refractivity contribution is 0.0697. The third-order valence-corrected chi connectivity index (χ3v) is 5.24. The number of carboxylic acids is 1. The quantitative estimate of drug-likeness (QED) is 0.350. The fourth-order valence-corrected chi connectivity index (χ4v) is 3.51. The molecule has 32 heavy (non-hydrogen) atoms. The Morgan fingerprint density at radius 2 is 1.69 bits per heavy atom. The summed E-state index contributed by atoms with van der Waals surface area (Å²) < 4.78 is 8.08. The van der Waals surface area contributed by atoms with Crippen LogP contribution < -0.4 is 4.74 Å². The third kappa shape index (κ3) is 4.69. The van der Waals surface area contributed by atoms with E-state index in [0.717, 1.165) is 33.7 Å². The van der Waals surface area contributed by atoms with E-state index in [9.17, 15) is 4.79 Å². The van der Waals surface area contributed by atoms with Crippen molar-refractivity contribution in [2.45, 2.75) is 13.5 Å². The zero-order chi connectivity index (χ0) is 22.5. The molecule has 1 aromatic heterocycles. The van der Waals surface area contributed by atoms with Crippen molar-refractivity contribution >= 4 is 17.6 Å². The van der Waals surface area contributed by atoms with Gasteiger partial charge >= 0.3 is 5.97 Å². The smallest absolute Gasteiger partial charge is 0.335 e. The summed E-state index contributed by atoms with van der Waals surface area (Å²) in [7, 11) is 0. The molecule has 0 aliphatic carbocycles. The molecule has 0 unspecified atom stereocenters. The molecule has 158 valence electrons. The molecule has 4 rings (SSSR count). The molecule has 1 heterocycles. The van der Waals surface area contributed by atoms with Crippen LogP contribution in [0.5, 0.6) is 5.75 Å². The van der Waals surface area contributed by atoms with Gasteiger partial charge in [0, 0.05) is 34.2 Å². The molecule has 0 aliphatic rings.